The minimum absolute atomic E-state index is 0.0986. The molecule has 1 atom stereocenters. The highest BCUT2D eigenvalue weighted by Crippen LogP contribution is 2.60. The van der Waals surface area contributed by atoms with Crippen molar-refractivity contribution in [2.24, 2.45) is 23.7 Å². The molecule has 6 heteroatoms. The molecule has 226 valence electrons. The first-order valence-corrected chi connectivity index (χ1v) is 15.9. The number of carboxylic acids is 1. The summed E-state index contributed by atoms with van der Waals surface area (Å²) in [6.45, 7) is 2.83. The van der Waals surface area contributed by atoms with Gasteiger partial charge in [0.2, 0.25) is 0 Å². The summed E-state index contributed by atoms with van der Waals surface area (Å²) in [6, 6.07) is 20.2. The second-order valence-corrected chi connectivity index (χ2v) is 13.3. The Balaban J connectivity index is 1.14. The van der Waals surface area contributed by atoms with Gasteiger partial charge in [-0.15, -0.1) is 0 Å². The maximum Gasteiger partial charge on any atom is 0.307 e. The molecule has 0 saturated heterocycles. The number of carbonyl (C=O) groups is 2. The molecule has 4 aliphatic rings. The minimum atomic E-state index is -0.971. The Hall–Kier alpha value is -3.67. The summed E-state index contributed by atoms with van der Waals surface area (Å²) >= 11 is 0. The van der Waals surface area contributed by atoms with Crippen molar-refractivity contribution < 1.29 is 23.8 Å². The van der Waals surface area contributed by atoms with E-state index in [2.05, 4.69) is 17.4 Å². The number of hydrogen-bond acceptors (Lipinski definition) is 3. The van der Waals surface area contributed by atoms with Gasteiger partial charge in [-0.2, -0.15) is 0 Å². The van der Waals surface area contributed by atoms with Crippen molar-refractivity contribution in [3.8, 4) is 5.75 Å². The maximum atomic E-state index is 14.2. The van der Waals surface area contributed by atoms with E-state index in [9.17, 15) is 19.1 Å². The molecule has 4 bridgehead atoms. The first-order valence-electron chi connectivity index (χ1n) is 15.9. The van der Waals surface area contributed by atoms with Gasteiger partial charge in [-0.3, -0.25) is 9.59 Å². The summed E-state index contributed by atoms with van der Waals surface area (Å²) < 4.78 is 20.2. The number of aliphatic carboxylic acids is 1. The fourth-order valence-electron chi connectivity index (χ4n) is 8.43. The molecule has 7 rings (SSSR count). The lowest BCUT2D eigenvalue weighted by atomic mass is 9.48. The zero-order chi connectivity index (χ0) is 30.0. The van der Waals surface area contributed by atoms with Crippen molar-refractivity contribution in [3.63, 3.8) is 0 Å². The molecule has 0 aliphatic heterocycles. The highest BCUT2D eigenvalue weighted by atomic mass is 19.1. The molecule has 0 aromatic heterocycles. The summed E-state index contributed by atoms with van der Waals surface area (Å²) in [5.41, 5.74) is 4.32. The van der Waals surface area contributed by atoms with E-state index < -0.39 is 17.7 Å². The molecule has 0 heterocycles. The fraction of sp³-hybridized carbons (Fsp3) is 0.459. The van der Waals surface area contributed by atoms with Gasteiger partial charge < -0.3 is 15.2 Å². The number of hydrogen-bond donors (Lipinski definition) is 2. The SMILES string of the molecule is CCCOc1ccc(CC(Cc2ccccc2F)C(=O)O)cc1CNC(=O)c1ccc(C23CC4CC(CC(C4)C2)C3)cc1. The summed E-state index contributed by atoms with van der Waals surface area (Å²) in [5, 5.41) is 12.9. The monoisotopic (exact) mass is 583 g/mol. The normalized spacial score (nSPS) is 24.5. The Kier molecular flexibility index (Phi) is 8.56. The number of nitrogens with one attached hydrogen (secondary N) is 1. The van der Waals surface area contributed by atoms with Crippen LogP contribution in [-0.4, -0.2) is 23.6 Å². The van der Waals surface area contributed by atoms with Crippen LogP contribution in [0.3, 0.4) is 0 Å². The molecule has 4 fully saturated rings. The molecule has 4 saturated carbocycles. The Labute approximate surface area is 253 Å². The van der Waals surface area contributed by atoms with E-state index in [1.54, 1.807) is 18.2 Å². The highest BCUT2D eigenvalue weighted by molar-refractivity contribution is 5.94. The number of benzene rings is 3. The van der Waals surface area contributed by atoms with Crippen LogP contribution >= 0.6 is 0 Å². The Morgan fingerprint density at radius 2 is 1.60 bits per heavy atom. The van der Waals surface area contributed by atoms with Crippen molar-refractivity contribution >= 4 is 11.9 Å². The average molecular weight is 584 g/mol. The lowest BCUT2D eigenvalue weighted by Crippen LogP contribution is -2.48. The minimum Gasteiger partial charge on any atom is -0.493 e. The highest BCUT2D eigenvalue weighted by Gasteiger charge is 2.51. The van der Waals surface area contributed by atoms with Gasteiger partial charge in [0.25, 0.3) is 5.91 Å². The summed E-state index contributed by atoms with van der Waals surface area (Å²) in [7, 11) is 0. The smallest absolute Gasteiger partial charge is 0.307 e. The third-order valence-electron chi connectivity index (χ3n) is 10.1. The van der Waals surface area contributed by atoms with Gasteiger partial charge in [0.1, 0.15) is 11.6 Å². The van der Waals surface area contributed by atoms with Gasteiger partial charge in [0.15, 0.2) is 0 Å². The first kappa shape index (κ1) is 29.4. The average Bonchev–Trinajstić information content (AvgIpc) is 2.99. The van der Waals surface area contributed by atoms with E-state index in [1.807, 2.05) is 37.3 Å². The summed E-state index contributed by atoms with van der Waals surface area (Å²) in [6.07, 6.45) is 9.30. The summed E-state index contributed by atoms with van der Waals surface area (Å²) in [5.74, 6) is 0.996. The molecule has 0 radical (unpaired) electrons. The standard InChI is InChI=1S/C37H42FNO4/c1-2-13-43-34-12-7-24(17-30(36(41)42)19-29-5-3-4-6-33(29)38)18-31(34)23-39-35(40)28-8-10-32(11-9-28)37-20-25-14-26(21-37)16-27(15-25)22-37/h3-12,18,25-27,30H,2,13-17,19-23H2,1H3,(H,39,40)(H,41,42). The molecular formula is C37H42FNO4. The zero-order valence-corrected chi connectivity index (χ0v) is 25.0. The number of carbonyl (C=O) groups excluding carboxylic acids is 1. The molecule has 1 unspecified atom stereocenters. The number of carboxylic acid groups (broad SMARTS) is 1. The van der Waals surface area contributed by atoms with E-state index in [-0.39, 0.29) is 25.3 Å². The van der Waals surface area contributed by atoms with Crippen molar-refractivity contribution in [2.75, 3.05) is 6.61 Å². The van der Waals surface area contributed by atoms with Gasteiger partial charge in [0, 0.05) is 17.7 Å². The molecule has 2 N–H and O–H groups in total. The number of amides is 1. The van der Waals surface area contributed by atoms with Crippen molar-refractivity contribution in [1.82, 2.24) is 5.32 Å². The summed E-state index contributed by atoms with van der Waals surface area (Å²) in [4.78, 5) is 25.3. The van der Waals surface area contributed by atoms with Crippen LogP contribution in [0, 0.1) is 29.5 Å². The third-order valence-corrected chi connectivity index (χ3v) is 10.1. The molecular weight excluding hydrogens is 541 g/mol. The van der Waals surface area contributed by atoms with Crippen molar-refractivity contribution in [3.05, 3.63) is 100 Å². The molecule has 1 amide bonds. The molecule has 3 aromatic rings. The quantitative estimate of drug-likeness (QED) is 0.232. The van der Waals surface area contributed by atoms with Crippen LogP contribution in [0.4, 0.5) is 4.39 Å². The van der Waals surface area contributed by atoms with Gasteiger partial charge in [-0.05, 0) is 122 Å². The van der Waals surface area contributed by atoms with Crippen molar-refractivity contribution in [2.45, 2.75) is 76.7 Å². The molecule has 4 aliphatic carbocycles. The molecule has 0 spiro atoms. The van der Waals surface area contributed by atoms with Gasteiger partial charge in [-0.25, -0.2) is 4.39 Å². The van der Waals surface area contributed by atoms with Crippen LogP contribution in [0.2, 0.25) is 0 Å². The van der Waals surface area contributed by atoms with Crippen LogP contribution in [0.5, 0.6) is 5.75 Å². The Morgan fingerprint density at radius 1 is 0.930 bits per heavy atom. The lowest BCUT2D eigenvalue weighted by Gasteiger charge is -2.57. The Morgan fingerprint density at radius 3 is 2.23 bits per heavy atom. The lowest BCUT2D eigenvalue weighted by molar-refractivity contribution is -0.141. The van der Waals surface area contributed by atoms with Crippen LogP contribution < -0.4 is 10.1 Å². The number of rotatable bonds is 12. The van der Waals surface area contributed by atoms with Gasteiger partial charge >= 0.3 is 5.97 Å². The van der Waals surface area contributed by atoms with E-state index >= 15 is 0 Å². The van der Waals surface area contributed by atoms with E-state index in [0.29, 0.717) is 28.9 Å². The van der Waals surface area contributed by atoms with Gasteiger partial charge in [0.05, 0.1) is 12.5 Å². The fourth-order valence-corrected chi connectivity index (χ4v) is 8.43. The number of halogens is 1. The zero-order valence-electron chi connectivity index (χ0n) is 25.0. The van der Waals surface area contributed by atoms with Crippen LogP contribution in [0.15, 0.2) is 66.7 Å². The van der Waals surface area contributed by atoms with Crippen molar-refractivity contribution in [1.29, 1.82) is 0 Å². The molecule has 5 nitrogen and oxygen atoms in total. The second-order valence-electron chi connectivity index (χ2n) is 13.3. The predicted molar refractivity (Wildman–Crippen MR) is 165 cm³/mol. The van der Waals surface area contributed by atoms with Crippen LogP contribution in [0.1, 0.15) is 84.5 Å². The van der Waals surface area contributed by atoms with Crippen LogP contribution in [0.25, 0.3) is 0 Å². The number of ether oxygens (including phenoxy) is 1. The largest absolute Gasteiger partial charge is 0.493 e. The molecule has 3 aromatic carbocycles. The second kappa shape index (κ2) is 12.5. The van der Waals surface area contributed by atoms with E-state index in [1.165, 1.54) is 50.2 Å². The van der Waals surface area contributed by atoms with E-state index in [0.717, 1.165) is 35.3 Å². The Bertz CT molecular complexity index is 1430. The molecule has 43 heavy (non-hydrogen) atoms. The maximum absolute atomic E-state index is 14.2. The predicted octanol–water partition coefficient (Wildman–Crippen LogP) is 7.50. The topological polar surface area (TPSA) is 75.6 Å². The third kappa shape index (κ3) is 6.48. The van der Waals surface area contributed by atoms with Gasteiger partial charge in [-0.1, -0.05) is 49.4 Å². The first-order chi connectivity index (χ1) is 20.8. The van der Waals surface area contributed by atoms with Crippen LogP contribution in [-0.2, 0) is 29.6 Å². The van der Waals surface area contributed by atoms with E-state index in [4.69, 9.17) is 4.74 Å².